The molecule has 4 rings (SSSR count). The first kappa shape index (κ1) is 22.3. The van der Waals surface area contributed by atoms with E-state index in [9.17, 15) is 14.4 Å². The van der Waals surface area contributed by atoms with Gasteiger partial charge in [-0.05, 0) is 49.8 Å². The number of rotatable bonds is 6. The number of likely N-dealkylation sites (tertiary alicyclic amines) is 1. The second kappa shape index (κ2) is 9.73. The SMILES string of the molecule is COCCN1CC=CC[C@H](C2CCN(C(=O)Cn3c(=O)oc4ccc(C)cc43)CC2)C1=O. The van der Waals surface area contributed by atoms with Gasteiger partial charge in [0.1, 0.15) is 6.54 Å². The highest BCUT2D eigenvalue weighted by atomic mass is 16.5. The van der Waals surface area contributed by atoms with Gasteiger partial charge in [0.2, 0.25) is 11.8 Å². The number of carbonyl (C=O) groups is 2. The molecule has 2 amide bonds. The number of hydrogen-bond acceptors (Lipinski definition) is 5. The standard InChI is InChI=1S/C24H31N3O5/c1-17-6-7-21-20(15-17)27(24(30)32-21)16-22(28)25-11-8-18(9-12-25)19-5-3-4-10-26(23(19)29)13-14-31-2/h3-4,6-7,15,18-19H,5,8-14,16H2,1-2H3/t19-/m1/s1. The van der Waals surface area contributed by atoms with Gasteiger partial charge >= 0.3 is 5.76 Å². The maximum atomic E-state index is 13.1. The van der Waals surface area contributed by atoms with Crippen LogP contribution >= 0.6 is 0 Å². The fourth-order valence-electron chi connectivity index (χ4n) is 4.78. The van der Waals surface area contributed by atoms with Crippen LogP contribution in [0.5, 0.6) is 0 Å². The number of methoxy groups -OCH3 is 1. The third kappa shape index (κ3) is 4.65. The molecule has 2 aromatic rings. The van der Waals surface area contributed by atoms with Crippen molar-refractivity contribution in [3.63, 3.8) is 0 Å². The number of ether oxygens (including phenoxy) is 1. The molecule has 1 aromatic carbocycles. The molecule has 0 radical (unpaired) electrons. The normalized spacial score (nSPS) is 20.2. The second-order valence-electron chi connectivity index (χ2n) is 8.73. The molecule has 1 aromatic heterocycles. The number of carbonyl (C=O) groups excluding carboxylic acids is 2. The van der Waals surface area contributed by atoms with Crippen LogP contribution in [-0.2, 0) is 20.9 Å². The van der Waals surface area contributed by atoms with E-state index in [1.54, 1.807) is 18.1 Å². The number of piperidine rings is 1. The molecule has 0 bridgehead atoms. The molecule has 8 heteroatoms. The topological polar surface area (TPSA) is 85.0 Å². The van der Waals surface area contributed by atoms with Crippen molar-refractivity contribution in [2.24, 2.45) is 11.8 Å². The molecule has 0 spiro atoms. The fraction of sp³-hybridized carbons (Fsp3) is 0.542. The number of fused-ring (bicyclic) bond motifs is 1. The summed E-state index contributed by atoms with van der Waals surface area (Å²) in [6, 6.07) is 5.50. The minimum atomic E-state index is -0.513. The monoisotopic (exact) mass is 441 g/mol. The highest BCUT2D eigenvalue weighted by Crippen LogP contribution is 2.31. The first-order valence-electron chi connectivity index (χ1n) is 11.3. The highest BCUT2D eigenvalue weighted by Gasteiger charge is 2.35. The van der Waals surface area contributed by atoms with E-state index in [1.165, 1.54) is 4.57 Å². The van der Waals surface area contributed by atoms with Crippen LogP contribution in [0, 0.1) is 18.8 Å². The predicted octanol–water partition coefficient (Wildman–Crippen LogP) is 2.19. The average molecular weight is 442 g/mol. The lowest BCUT2D eigenvalue weighted by Gasteiger charge is -2.36. The van der Waals surface area contributed by atoms with Gasteiger partial charge < -0.3 is 19.0 Å². The Hall–Kier alpha value is -2.87. The Labute approximate surface area is 187 Å². The van der Waals surface area contributed by atoms with Gasteiger partial charge in [0, 0.05) is 39.2 Å². The van der Waals surface area contributed by atoms with Crippen molar-refractivity contribution >= 4 is 22.9 Å². The van der Waals surface area contributed by atoms with Crippen LogP contribution in [-0.4, -0.2) is 66.1 Å². The summed E-state index contributed by atoms with van der Waals surface area (Å²) in [6.07, 6.45) is 6.48. The number of benzene rings is 1. The van der Waals surface area contributed by atoms with Gasteiger partial charge in [-0.15, -0.1) is 0 Å². The molecular formula is C24H31N3O5. The van der Waals surface area contributed by atoms with E-state index in [-0.39, 0.29) is 30.2 Å². The maximum absolute atomic E-state index is 13.1. The Bertz CT molecular complexity index is 1060. The van der Waals surface area contributed by atoms with Crippen molar-refractivity contribution in [1.82, 2.24) is 14.4 Å². The van der Waals surface area contributed by atoms with Crippen LogP contribution in [0.3, 0.4) is 0 Å². The lowest BCUT2D eigenvalue weighted by Crippen LogP contribution is -2.45. The summed E-state index contributed by atoms with van der Waals surface area (Å²) in [7, 11) is 1.64. The van der Waals surface area contributed by atoms with Gasteiger partial charge in [0.15, 0.2) is 5.58 Å². The fourth-order valence-corrected chi connectivity index (χ4v) is 4.78. The number of nitrogens with zero attached hydrogens (tertiary/aromatic N) is 3. The van der Waals surface area contributed by atoms with Crippen LogP contribution < -0.4 is 5.76 Å². The summed E-state index contributed by atoms with van der Waals surface area (Å²) in [4.78, 5) is 42.0. The zero-order valence-electron chi connectivity index (χ0n) is 18.8. The molecule has 0 N–H and O–H groups in total. The molecule has 2 aliphatic rings. The molecule has 1 fully saturated rings. The summed E-state index contributed by atoms with van der Waals surface area (Å²) < 4.78 is 11.8. The number of amides is 2. The van der Waals surface area contributed by atoms with E-state index in [0.29, 0.717) is 43.9 Å². The molecule has 8 nitrogen and oxygen atoms in total. The van der Waals surface area contributed by atoms with Crippen molar-refractivity contribution < 1.29 is 18.7 Å². The van der Waals surface area contributed by atoms with Crippen molar-refractivity contribution in [2.45, 2.75) is 32.7 Å². The molecule has 0 saturated carbocycles. The smallest absolute Gasteiger partial charge is 0.408 e. The maximum Gasteiger partial charge on any atom is 0.420 e. The van der Waals surface area contributed by atoms with Crippen LogP contribution in [0.15, 0.2) is 39.6 Å². The number of oxazole rings is 1. The highest BCUT2D eigenvalue weighted by molar-refractivity contribution is 5.81. The lowest BCUT2D eigenvalue weighted by atomic mass is 9.81. The Kier molecular flexibility index (Phi) is 6.79. The summed E-state index contributed by atoms with van der Waals surface area (Å²) in [5, 5.41) is 0. The van der Waals surface area contributed by atoms with Gasteiger partial charge in [-0.2, -0.15) is 0 Å². The molecule has 172 valence electrons. The first-order valence-corrected chi connectivity index (χ1v) is 11.3. The Morgan fingerprint density at radius 3 is 2.72 bits per heavy atom. The van der Waals surface area contributed by atoms with E-state index in [4.69, 9.17) is 9.15 Å². The predicted molar refractivity (Wildman–Crippen MR) is 120 cm³/mol. The third-order valence-electron chi connectivity index (χ3n) is 6.65. The quantitative estimate of drug-likeness (QED) is 0.642. The van der Waals surface area contributed by atoms with Crippen molar-refractivity contribution in [3.8, 4) is 0 Å². The summed E-state index contributed by atoms with van der Waals surface area (Å²) >= 11 is 0. The zero-order valence-corrected chi connectivity index (χ0v) is 18.8. The summed E-state index contributed by atoms with van der Waals surface area (Å²) in [5.41, 5.74) is 2.14. The Balaban J connectivity index is 1.38. The molecule has 0 unspecified atom stereocenters. The van der Waals surface area contributed by atoms with E-state index in [1.807, 2.05) is 24.0 Å². The average Bonchev–Trinajstić information content (AvgIpc) is 2.97. The third-order valence-corrected chi connectivity index (χ3v) is 6.65. The minimum absolute atomic E-state index is 0.0319. The van der Waals surface area contributed by atoms with Crippen molar-refractivity contribution in [3.05, 3.63) is 46.5 Å². The molecule has 1 saturated heterocycles. The molecule has 32 heavy (non-hydrogen) atoms. The Morgan fingerprint density at radius 1 is 1.19 bits per heavy atom. The number of allylic oxidation sites excluding steroid dienone is 1. The largest absolute Gasteiger partial charge is 0.420 e. The molecule has 3 heterocycles. The van der Waals surface area contributed by atoms with Gasteiger partial charge in [-0.3, -0.25) is 14.2 Å². The molecule has 1 atom stereocenters. The van der Waals surface area contributed by atoms with Gasteiger partial charge in [-0.1, -0.05) is 18.2 Å². The van der Waals surface area contributed by atoms with Crippen LogP contribution in [0.2, 0.25) is 0 Å². The van der Waals surface area contributed by atoms with E-state index in [2.05, 4.69) is 12.2 Å². The van der Waals surface area contributed by atoms with Crippen LogP contribution in [0.1, 0.15) is 24.8 Å². The van der Waals surface area contributed by atoms with Crippen LogP contribution in [0.25, 0.3) is 11.1 Å². The lowest BCUT2D eigenvalue weighted by molar-refractivity contribution is -0.138. The Morgan fingerprint density at radius 2 is 1.97 bits per heavy atom. The van der Waals surface area contributed by atoms with E-state index < -0.39 is 5.76 Å². The van der Waals surface area contributed by atoms with Gasteiger partial charge in [0.05, 0.1) is 12.1 Å². The minimum Gasteiger partial charge on any atom is -0.408 e. The summed E-state index contributed by atoms with van der Waals surface area (Å²) in [5.74, 6) is -0.223. The van der Waals surface area contributed by atoms with Gasteiger partial charge in [-0.25, -0.2) is 4.79 Å². The molecular weight excluding hydrogens is 410 g/mol. The first-order chi connectivity index (χ1) is 15.5. The summed E-state index contributed by atoms with van der Waals surface area (Å²) in [6.45, 7) is 4.85. The van der Waals surface area contributed by atoms with E-state index >= 15 is 0 Å². The zero-order chi connectivity index (χ0) is 22.7. The number of aryl methyl sites for hydroxylation is 1. The van der Waals surface area contributed by atoms with Crippen molar-refractivity contribution in [1.29, 1.82) is 0 Å². The second-order valence-corrected chi connectivity index (χ2v) is 8.73. The van der Waals surface area contributed by atoms with E-state index in [0.717, 1.165) is 24.8 Å². The number of aromatic nitrogens is 1. The number of hydrogen-bond donors (Lipinski definition) is 0. The van der Waals surface area contributed by atoms with Crippen LogP contribution in [0.4, 0.5) is 0 Å². The molecule has 2 aliphatic heterocycles. The molecule has 0 aliphatic carbocycles. The van der Waals surface area contributed by atoms with Crippen molar-refractivity contribution in [2.75, 3.05) is 39.9 Å². The van der Waals surface area contributed by atoms with Gasteiger partial charge in [0.25, 0.3) is 0 Å².